The van der Waals surface area contributed by atoms with Gasteiger partial charge in [0.2, 0.25) is 0 Å². The van der Waals surface area contributed by atoms with E-state index in [0.717, 1.165) is 24.3 Å². The molecule has 1 N–H and O–H groups in total. The van der Waals surface area contributed by atoms with Gasteiger partial charge in [-0.15, -0.1) is 0 Å². The van der Waals surface area contributed by atoms with Crippen molar-refractivity contribution >= 4 is 32.4 Å². The number of aryl methyl sites for hydroxylation is 1. The molecule has 1 aliphatic heterocycles. The summed E-state index contributed by atoms with van der Waals surface area (Å²) in [7, 11) is 0.946. The smallest absolute Gasteiger partial charge is 0.282 e. The minimum Gasteiger partial charge on any atom is -0.380 e. The zero-order chi connectivity index (χ0) is 12.4. The quantitative estimate of drug-likeness (QED) is 0.878. The van der Waals surface area contributed by atoms with Gasteiger partial charge in [0.15, 0.2) is 0 Å². The molecule has 0 amide bonds. The van der Waals surface area contributed by atoms with Crippen molar-refractivity contribution in [2.24, 2.45) is 7.05 Å². The second-order valence-corrected chi connectivity index (χ2v) is 6.56. The third-order valence-electron chi connectivity index (χ3n) is 2.83. The first-order valence-electron chi connectivity index (χ1n) is 5.41. The molecule has 0 saturated carbocycles. The summed E-state index contributed by atoms with van der Waals surface area (Å²) in [6.45, 7) is 0. The highest BCUT2D eigenvalue weighted by Crippen LogP contribution is 2.20. The maximum Gasteiger partial charge on any atom is 0.282 e. The molecule has 0 unspecified atom stereocenters. The molecule has 2 rings (SSSR count). The average Bonchev–Trinajstić information content (AvgIpc) is 2.33. The van der Waals surface area contributed by atoms with E-state index in [1.807, 2.05) is 0 Å². The number of halogens is 1. The van der Waals surface area contributed by atoms with Crippen molar-refractivity contribution in [3.8, 4) is 0 Å². The van der Waals surface area contributed by atoms with Crippen LogP contribution in [-0.4, -0.2) is 31.5 Å². The first-order chi connectivity index (χ1) is 8.08. The third kappa shape index (κ3) is 2.95. The van der Waals surface area contributed by atoms with Gasteiger partial charge < -0.3 is 5.32 Å². The van der Waals surface area contributed by atoms with Crippen molar-refractivity contribution < 1.29 is 4.21 Å². The summed E-state index contributed by atoms with van der Waals surface area (Å²) < 4.78 is 13.0. The molecule has 0 radical (unpaired) electrons. The first kappa shape index (κ1) is 12.8. The Hall–Kier alpha value is -0.690. The van der Waals surface area contributed by atoms with E-state index in [1.54, 1.807) is 13.2 Å². The zero-order valence-electron chi connectivity index (χ0n) is 9.48. The van der Waals surface area contributed by atoms with Crippen LogP contribution in [-0.2, 0) is 17.8 Å². The van der Waals surface area contributed by atoms with Crippen LogP contribution in [0, 0.1) is 0 Å². The lowest BCUT2D eigenvalue weighted by atomic mass is 10.1. The molecule has 0 bridgehead atoms. The van der Waals surface area contributed by atoms with Gasteiger partial charge in [-0.2, -0.15) is 5.10 Å². The van der Waals surface area contributed by atoms with Gasteiger partial charge in [-0.25, -0.2) is 4.68 Å². The van der Waals surface area contributed by atoms with Gasteiger partial charge in [0.25, 0.3) is 5.56 Å². The number of nitrogens with one attached hydrogen (secondary N) is 1. The molecule has 1 saturated heterocycles. The number of aromatic nitrogens is 2. The molecule has 1 fully saturated rings. The largest absolute Gasteiger partial charge is 0.380 e. The Labute approximate surface area is 110 Å². The Kier molecular flexibility index (Phi) is 3.98. The molecule has 0 aliphatic carbocycles. The van der Waals surface area contributed by atoms with Crippen LogP contribution in [0.4, 0.5) is 5.69 Å². The minimum absolute atomic E-state index is 0.158. The summed E-state index contributed by atoms with van der Waals surface area (Å²) in [6.07, 6.45) is 3.37. The molecule has 1 aromatic rings. The highest BCUT2D eigenvalue weighted by Gasteiger charge is 2.19. The second kappa shape index (κ2) is 5.30. The van der Waals surface area contributed by atoms with E-state index in [-0.39, 0.29) is 11.6 Å². The molecule has 94 valence electrons. The van der Waals surface area contributed by atoms with Crippen molar-refractivity contribution in [3.05, 3.63) is 21.0 Å². The number of rotatable bonds is 2. The fourth-order valence-electron chi connectivity index (χ4n) is 1.77. The molecule has 0 spiro atoms. The summed E-state index contributed by atoms with van der Waals surface area (Å²) in [5, 5.41) is 7.25. The first-order valence-corrected chi connectivity index (χ1v) is 7.69. The number of anilines is 1. The lowest BCUT2D eigenvalue weighted by Crippen LogP contribution is -2.31. The molecular weight excluding hydrogens is 306 g/mol. The van der Waals surface area contributed by atoms with Crippen LogP contribution in [0.1, 0.15) is 12.8 Å². The normalized spacial score (nSPS) is 24.6. The van der Waals surface area contributed by atoms with Crippen molar-refractivity contribution in [1.29, 1.82) is 0 Å². The highest BCUT2D eigenvalue weighted by atomic mass is 79.9. The van der Waals surface area contributed by atoms with Crippen LogP contribution in [0.3, 0.4) is 0 Å². The molecule has 17 heavy (non-hydrogen) atoms. The van der Waals surface area contributed by atoms with E-state index < -0.39 is 10.8 Å². The molecule has 1 aromatic heterocycles. The second-order valence-electron chi connectivity index (χ2n) is 4.07. The maximum atomic E-state index is 11.6. The highest BCUT2D eigenvalue weighted by molar-refractivity contribution is 9.10. The molecular formula is C10H14BrN3O2S. The standard InChI is InChI=1S/C10H14BrN3O2S/c1-14-10(15)9(11)8(6-12-14)13-7-2-4-17(16)5-3-7/h6-7,13H,2-5H2,1H3. The Balaban J connectivity index is 2.11. The van der Waals surface area contributed by atoms with E-state index in [4.69, 9.17) is 0 Å². The molecule has 0 atom stereocenters. The Morgan fingerprint density at radius 2 is 2.18 bits per heavy atom. The van der Waals surface area contributed by atoms with E-state index in [9.17, 15) is 9.00 Å². The lowest BCUT2D eigenvalue weighted by molar-refractivity contribution is 0.621. The van der Waals surface area contributed by atoms with Gasteiger partial charge in [-0.3, -0.25) is 9.00 Å². The molecule has 5 nitrogen and oxygen atoms in total. The monoisotopic (exact) mass is 319 g/mol. The van der Waals surface area contributed by atoms with Crippen molar-refractivity contribution in [2.75, 3.05) is 16.8 Å². The predicted molar refractivity (Wildman–Crippen MR) is 71.7 cm³/mol. The topological polar surface area (TPSA) is 64.0 Å². The lowest BCUT2D eigenvalue weighted by Gasteiger charge is -2.23. The summed E-state index contributed by atoms with van der Waals surface area (Å²) >= 11 is 3.27. The maximum absolute atomic E-state index is 11.6. The Bertz CT molecular complexity index is 493. The summed E-state index contributed by atoms with van der Waals surface area (Å²) in [4.78, 5) is 11.6. The zero-order valence-corrected chi connectivity index (χ0v) is 11.9. The molecule has 7 heteroatoms. The summed E-state index contributed by atoms with van der Waals surface area (Å²) in [6, 6.07) is 0.276. The van der Waals surface area contributed by atoms with E-state index in [2.05, 4.69) is 26.3 Å². The van der Waals surface area contributed by atoms with Gasteiger partial charge >= 0.3 is 0 Å². The SMILES string of the molecule is Cn1ncc(NC2CCS(=O)CC2)c(Br)c1=O. The van der Waals surface area contributed by atoms with Crippen LogP contribution in [0.25, 0.3) is 0 Å². The van der Waals surface area contributed by atoms with Gasteiger partial charge in [-0.05, 0) is 28.8 Å². The van der Waals surface area contributed by atoms with E-state index in [1.165, 1.54) is 4.68 Å². The number of nitrogens with zero attached hydrogens (tertiary/aromatic N) is 2. The molecule has 0 aromatic carbocycles. The molecule has 2 heterocycles. The third-order valence-corrected chi connectivity index (χ3v) is 4.97. The summed E-state index contributed by atoms with van der Waals surface area (Å²) in [5.41, 5.74) is 0.556. The van der Waals surface area contributed by atoms with Crippen LogP contribution < -0.4 is 10.9 Å². The Morgan fingerprint density at radius 1 is 1.53 bits per heavy atom. The fourth-order valence-corrected chi connectivity index (χ4v) is 3.54. The number of hydrogen-bond acceptors (Lipinski definition) is 4. The predicted octanol–water partition coefficient (Wildman–Crippen LogP) is 0.866. The van der Waals surface area contributed by atoms with E-state index >= 15 is 0 Å². The summed E-state index contributed by atoms with van der Waals surface area (Å²) in [5.74, 6) is 1.46. The Morgan fingerprint density at radius 3 is 2.82 bits per heavy atom. The van der Waals surface area contributed by atoms with E-state index in [0.29, 0.717) is 10.2 Å². The average molecular weight is 320 g/mol. The van der Waals surface area contributed by atoms with Crippen molar-refractivity contribution in [2.45, 2.75) is 18.9 Å². The van der Waals surface area contributed by atoms with Gasteiger partial charge in [0, 0.05) is 35.4 Å². The van der Waals surface area contributed by atoms with Gasteiger partial charge in [0.1, 0.15) is 4.47 Å². The number of hydrogen-bond donors (Lipinski definition) is 1. The van der Waals surface area contributed by atoms with Gasteiger partial charge in [0.05, 0.1) is 11.9 Å². The van der Waals surface area contributed by atoms with Crippen molar-refractivity contribution in [3.63, 3.8) is 0 Å². The fraction of sp³-hybridized carbons (Fsp3) is 0.600. The van der Waals surface area contributed by atoms with Gasteiger partial charge in [-0.1, -0.05) is 0 Å². The van der Waals surface area contributed by atoms with Crippen molar-refractivity contribution in [1.82, 2.24) is 9.78 Å². The minimum atomic E-state index is -0.665. The van der Waals surface area contributed by atoms with Crippen LogP contribution >= 0.6 is 15.9 Å². The van der Waals surface area contributed by atoms with Crippen LogP contribution in [0.5, 0.6) is 0 Å². The van der Waals surface area contributed by atoms with Crippen LogP contribution in [0.2, 0.25) is 0 Å². The van der Waals surface area contributed by atoms with Crippen LogP contribution in [0.15, 0.2) is 15.5 Å². The molecule has 1 aliphatic rings.